The lowest BCUT2D eigenvalue weighted by Gasteiger charge is -2.07. The van der Waals surface area contributed by atoms with Gasteiger partial charge in [-0.05, 0) is 39.4 Å². The highest BCUT2D eigenvalue weighted by molar-refractivity contribution is 9.11. The molecule has 0 aromatic carbocycles. The molecule has 0 saturated heterocycles. The smallest absolute Gasteiger partial charge is 0.124 e. The first kappa shape index (κ1) is 14.5. The van der Waals surface area contributed by atoms with Gasteiger partial charge in [0.15, 0.2) is 0 Å². The van der Waals surface area contributed by atoms with Crippen molar-refractivity contribution in [2.24, 2.45) is 0 Å². The van der Waals surface area contributed by atoms with Crippen molar-refractivity contribution in [1.29, 1.82) is 0 Å². The molecule has 2 heterocycles. The molecule has 0 radical (unpaired) electrons. The Morgan fingerprint density at radius 2 is 2.35 bits per heavy atom. The SMILES string of the molecule is CCCn1nccc1NCc1csc(Br)c1.Cl. The molecule has 17 heavy (non-hydrogen) atoms. The van der Waals surface area contributed by atoms with Gasteiger partial charge in [0.1, 0.15) is 5.82 Å². The number of nitrogens with one attached hydrogen (secondary N) is 1. The summed E-state index contributed by atoms with van der Waals surface area (Å²) in [4.78, 5) is 0. The molecule has 3 nitrogen and oxygen atoms in total. The van der Waals surface area contributed by atoms with E-state index >= 15 is 0 Å². The van der Waals surface area contributed by atoms with Crippen LogP contribution in [-0.4, -0.2) is 9.78 Å². The molecule has 1 N–H and O–H groups in total. The maximum Gasteiger partial charge on any atom is 0.124 e. The molecule has 0 aliphatic rings. The lowest BCUT2D eigenvalue weighted by molar-refractivity contribution is 0.607. The van der Waals surface area contributed by atoms with Crippen LogP contribution in [0.2, 0.25) is 0 Å². The molecule has 2 rings (SSSR count). The van der Waals surface area contributed by atoms with Gasteiger partial charge in [0.25, 0.3) is 0 Å². The Bertz CT molecular complexity index is 455. The van der Waals surface area contributed by atoms with Gasteiger partial charge in [-0.1, -0.05) is 6.92 Å². The van der Waals surface area contributed by atoms with E-state index in [4.69, 9.17) is 0 Å². The largest absolute Gasteiger partial charge is 0.366 e. The normalized spacial score (nSPS) is 10.0. The second-order valence-electron chi connectivity index (χ2n) is 3.55. The highest BCUT2D eigenvalue weighted by Crippen LogP contribution is 2.21. The Balaban J connectivity index is 0.00000144. The van der Waals surface area contributed by atoms with E-state index in [0.29, 0.717) is 0 Å². The monoisotopic (exact) mass is 335 g/mol. The first-order chi connectivity index (χ1) is 7.79. The van der Waals surface area contributed by atoms with E-state index in [0.717, 1.165) is 25.3 Å². The van der Waals surface area contributed by atoms with Crippen LogP contribution in [0.4, 0.5) is 5.82 Å². The molecule has 0 unspecified atom stereocenters. The van der Waals surface area contributed by atoms with Gasteiger partial charge in [-0.3, -0.25) is 0 Å². The molecule has 6 heteroatoms. The fourth-order valence-electron chi connectivity index (χ4n) is 1.50. The van der Waals surface area contributed by atoms with Crippen molar-refractivity contribution in [2.75, 3.05) is 5.32 Å². The minimum atomic E-state index is 0. The summed E-state index contributed by atoms with van der Waals surface area (Å²) in [6.07, 6.45) is 2.93. The van der Waals surface area contributed by atoms with Crippen molar-refractivity contribution in [3.05, 3.63) is 33.1 Å². The maximum atomic E-state index is 4.27. The third-order valence-corrected chi connectivity index (χ3v) is 3.80. The molecule has 0 amide bonds. The predicted octanol–water partition coefficient (Wildman–Crippen LogP) is 4.15. The number of nitrogens with zero attached hydrogens (tertiary/aromatic N) is 2. The van der Waals surface area contributed by atoms with Crippen molar-refractivity contribution in [3.63, 3.8) is 0 Å². The average molecular weight is 337 g/mol. The molecular weight excluding hydrogens is 322 g/mol. The minimum absolute atomic E-state index is 0. The van der Waals surface area contributed by atoms with E-state index in [-0.39, 0.29) is 12.4 Å². The summed E-state index contributed by atoms with van der Waals surface area (Å²) in [7, 11) is 0. The average Bonchev–Trinajstić information content (AvgIpc) is 2.85. The topological polar surface area (TPSA) is 29.9 Å². The molecule has 2 aromatic heterocycles. The summed E-state index contributed by atoms with van der Waals surface area (Å²) in [6, 6.07) is 4.15. The Labute approximate surface area is 120 Å². The molecule has 0 fully saturated rings. The van der Waals surface area contributed by atoms with Crippen LogP contribution < -0.4 is 5.32 Å². The summed E-state index contributed by atoms with van der Waals surface area (Å²) >= 11 is 5.17. The number of hydrogen-bond donors (Lipinski definition) is 1. The standard InChI is InChI=1S/C11H14BrN3S.ClH/c1-2-5-15-11(3-4-14-15)13-7-9-6-10(12)16-8-9;/h3-4,6,8,13H,2,5,7H2,1H3;1H. The van der Waals surface area contributed by atoms with Gasteiger partial charge in [-0.25, -0.2) is 4.68 Å². The van der Waals surface area contributed by atoms with Gasteiger partial charge in [-0.2, -0.15) is 5.10 Å². The van der Waals surface area contributed by atoms with Crippen molar-refractivity contribution in [3.8, 4) is 0 Å². The second kappa shape index (κ2) is 7.03. The summed E-state index contributed by atoms with van der Waals surface area (Å²) in [6.45, 7) is 3.96. The number of aryl methyl sites for hydroxylation is 1. The Morgan fingerprint density at radius 1 is 1.53 bits per heavy atom. The number of aromatic nitrogens is 2. The maximum absolute atomic E-state index is 4.27. The molecule has 0 bridgehead atoms. The molecule has 0 aliphatic heterocycles. The van der Waals surface area contributed by atoms with Gasteiger partial charge in [-0.15, -0.1) is 23.7 Å². The van der Waals surface area contributed by atoms with Gasteiger partial charge in [0.05, 0.1) is 9.98 Å². The van der Waals surface area contributed by atoms with Gasteiger partial charge < -0.3 is 5.32 Å². The van der Waals surface area contributed by atoms with Gasteiger partial charge in [0, 0.05) is 19.2 Å². The molecule has 94 valence electrons. The summed E-state index contributed by atoms with van der Waals surface area (Å²) < 4.78 is 3.17. The van der Waals surface area contributed by atoms with Crippen LogP contribution in [0.15, 0.2) is 27.5 Å². The van der Waals surface area contributed by atoms with Gasteiger partial charge in [0.2, 0.25) is 0 Å². The van der Waals surface area contributed by atoms with Crippen molar-refractivity contribution >= 4 is 45.5 Å². The third-order valence-electron chi connectivity index (χ3n) is 2.25. The number of hydrogen-bond acceptors (Lipinski definition) is 3. The van der Waals surface area contributed by atoms with E-state index < -0.39 is 0 Å². The lowest BCUT2D eigenvalue weighted by atomic mass is 10.3. The van der Waals surface area contributed by atoms with Crippen molar-refractivity contribution in [1.82, 2.24) is 9.78 Å². The number of anilines is 1. The molecule has 0 saturated carbocycles. The van der Waals surface area contributed by atoms with E-state index in [1.807, 2.05) is 16.9 Å². The van der Waals surface area contributed by atoms with Gasteiger partial charge >= 0.3 is 0 Å². The van der Waals surface area contributed by atoms with Crippen LogP contribution in [0.25, 0.3) is 0 Å². The Hall–Kier alpha value is -0.520. The summed E-state index contributed by atoms with van der Waals surface area (Å²) in [5, 5.41) is 9.82. The first-order valence-electron chi connectivity index (χ1n) is 5.28. The number of thiophene rings is 1. The van der Waals surface area contributed by atoms with Crippen LogP contribution in [0.5, 0.6) is 0 Å². The first-order valence-corrected chi connectivity index (χ1v) is 6.95. The molecule has 0 atom stereocenters. The van der Waals surface area contributed by atoms with E-state index in [1.54, 1.807) is 11.3 Å². The van der Waals surface area contributed by atoms with E-state index in [2.05, 4.69) is 44.7 Å². The molecule has 0 spiro atoms. The van der Waals surface area contributed by atoms with Crippen molar-refractivity contribution < 1.29 is 0 Å². The zero-order valence-electron chi connectivity index (χ0n) is 9.52. The second-order valence-corrected chi connectivity index (χ2v) is 5.84. The zero-order valence-corrected chi connectivity index (χ0v) is 12.7. The minimum Gasteiger partial charge on any atom is -0.366 e. The van der Waals surface area contributed by atoms with Crippen LogP contribution >= 0.6 is 39.7 Å². The summed E-state index contributed by atoms with van der Waals surface area (Å²) in [5.41, 5.74) is 1.29. The van der Waals surface area contributed by atoms with E-state index in [9.17, 15) is 0 Å². The van der Waals surface area contributed by atoms with Crippen LogP contribution in [0, 0.1) is 0 Å². The number of halogens is 2. The molecule has 2 aromatic rings. The Morgan fingerprint density at radius 3 is 3.00 bits per heavy atom. The summed E-state index contributed by atoms with van der Waals surface area (Å²) in [5.74, 6) is 1.09. The lowest BCUT2D eigenvalue weighted by Crippen LogP contribution is -2.07. The fraction of sp³-hybridized carbons (Fsp3) is 0.364. The highest BCUT2D eigenvalue weighted by Gasteiger charge is 2.02. The number of rotatable bonds is 5. The zero-order chi connectivity index (χ0) is 11.4. The van der Waals surface area contributed by atoms with Crippen LogP contribution in [-0.2, 0) is 13.1 Å². The predicted molar refractivity (Wildman–Crippen MR) is 79.1 cm³/mol. The Kier molecular flexibility index (Phi) is 6.02. The third kappa shape index (κ3) is 4.01. The van der Waals surface area contributed by atoms with Crippen molar-refractivity contribution in [2.45, 2.75) is 26.4 Å². The highest BCUT2D eigenvalue weighted by atomic mass is 79.9. The fourth-order valence-corrected chi connectivity index (χ4v) is 2.71. The van der Waals surface area contributed by atoms with Crippen LogP contribution in [0.3, 0.4) is 0 Å². The molecule has 0 aliphatic carbocycles. The van der Waals surface area contributed by atoms with Crippen LogP contribution in [0.1, 0.15) is 18.9 Å². The quantitative estimate of drug-likeness (QED) is 0.889. The van der Waals surface area contributed by atoms with E-state index in [1.165, 1.54) is 9.35 Å². The molecular formula is C11H15BrClN3S.